The highest BCUT2D eigenvalue weighted by molar-refractivity contribution is 6.17. The number of hydrogen-bond acceptors (Lipinski definition) is 4. The van der Waals surface area contributed by atoms with E-state index in [9.17, 15) is 0 Å². The lowest BCUT2D eigenvalue weighted by Crippen LogP contribution is -2.00. The van der Waals surface area contributed by atoms with Crippen LogP contribution in [-0.2, 0) is 0 Å². The highest BCUT2D eigenvalue weighted by Crippen LogP contribution is 2.40. The van der Waals surface area contributed by atoms with E-state index in [1.807, 2.05) is 66.7 Å². The van der Waals surface area contributed by atoms with Crippen molar-refractivity contribution in [2.45, 2.75) is 0 Å². The van der Waals surface area contributed by atoms with Gasteiger partial charge in [-0.05, 0) is 34.4 Å². The van der Waals surface area contributed by atoms with Gasteiger partial charge in [0, 0.05) is 38.4 Å². The van der Waals surface area contributed by atoms with Gasteiger partial charge in [0.2, 0.25) is 0 Å². The second-order valence-corrected chi connectivity index (χ2v) is 12.3. The van der Waals surface area contributed by atoms with Gasteiger partial charge < -0.3 is 0 Å². The summed E-state index contributed by atoms with van der Waals surface area (Å²) in [6.45, 7) is 0. The molecule has 0 atom stereocenters. The molecule has 9 rings (SSSR count). The maximum absolute atomic E-state index is 5.24. The van der Waals surface area contributed by atoms with Crippen molar-refractivity contribution in [1.82, 2.24) is 19.9 Å². The SMILES string of the molecule is c1ccc(-c2nc(-c3ccccc3)nc(-c3ccc(-c4ccc5nc(-c6ccccc6)c6cccc(-c7ccccc7)c6c5c4)cc3)n2)cc1. The summed E-state index contributed by atoms with van der Waals surface area (Å²) >= 11 is 0. The lowest BCUT2D eigenvalue weighted by molar-refractivity contribution is 1.07. The molecule has 0 fully saturated rings. The number of hydrogen-bond donors (Lipinski definition) is 0. The van der Waals surface area contributed by atoms with Gasteiger partial charge >= 0.3 is 0 Å². The first-order valence-electron chi connectivity index (χ1n) is 16.7. The van der Waals surface area contributed by atoms with Crippen LogP contribution in [0.15, 0.2) is 182 Å². The molecule has 2 aromatic heterocycles. The van der Waals surface area contributed by atoms with Crippen LogP contribution in [-0.4, -0.2) is 19.9 Å². The molecule has 7 aromatic carbocycles. The molecule has 0 amide bonds. The van der Waals surface area contributed by atoms with Crippen LogP contribution in [0.1, 0.15) is 0 Å². The molecule has 0 bridgehead atoms. The van der Waals surface area contributed by atoms with Gasteiger partial charge in [-0.1, -0.05) is 170 Å². The molecule has 234 valence electrons. The maximum Gasteiger partial charge on any atom is 0.164 e. The van der Waals surface area contributed by atoms with Crippen molar-refractivity contribution in [2.75, 3.05) is 0 Å². The van der Waals surface area contributed by atoms with Crippen LogP contribution >= 0.6 is 0 Å². The Morgan fingerprint density at radius 1 is 0.280 bits per heavy atom. The van der Waals surface area contributed by atoms with E-state index in [0.29, 0.717) is 17.5 Å². The summed E-state index contributed by atoms with van der Waals surface area (Å²) in [4.78, 5) is 19.9. The largest absolute Gasteiger partial charge is 0.247 e. The minimum atomic E-state index is 0.638. The summed E-state index contributed by atoms with van der Waals surface area (Å²) in [5.41, 5.74) is 10.5. The lowest BCUT2D eigenvalue weighted by Gasteiger charge is -2.15. The molecule has 0 aliphatic rings. The summed E-state index contributed by atoms with van der Waals surface area (Å²) in [5, 5.41) is 3.46. The first kappa shape index (κ1) is 29.4. The van der Waals surface area contributed by atoms with Gasteiger partial charge in [0.1, 0.15) is 0 Å². The van der Waals surface area contributed by atoms with Crippen LogP contribution in [0, 0.1) is 0 Å². The number of benzene rings is 7. The average Bonchev–Trinajstić information content (AvgIpc) is 3.21. The molecule has 0 radical (unpaired) electrons. The highest BCUT2D eigenvalue weighted by Gasteiger charge is 2.16. The van der Waals surface area contributed by atoms with Gasteiger partial charge in [0.15, 0.2) is 17.5 Å². The Bertz CT molecular complexity index is 2550. The molecule has 2 heterocycles. The van der Waals surface area contributed by atoms with Crippen molar-refractivity contribution in [3.63, 3.8) is 0 Å². The monoisotopic (exact) mass is 638 g/mol. The third-order valence-electron chi connectivity index (χ3n) is 9.13. The predicted octanol–water partition coefficient (Wildman–Crippen LogP) is 11.6. The molecular formula is C46H30N4. The third-order valence-corrected chi connectivity index (χ3v) is 9.13. The van der Waals surface area contributed by atoms with Gasteiger partial charge in [0.25, 0.3) is 0 Å². The van der Waals surface area contributed by atoms with E-state index in [4.69, 9.17) is 19.9 Å². The zero-order valence-corrected chi connectivity index (χ0v) is 27.1. The molecule has 0 saturated carbocycles. The molecule has 0 N–H and O–H groups in total. The number of aromatic nitrogens is 4. The second-order valence-electron chi connectivity index (χ2n) is 12.3. The van der Waals surface area contributed by atoms with Crippen molar-refractivity contribution >= 4 is 21.7 Å². The smallest absolute Gasteiger partial charge is 0.164 e. The maximum atomic E-state index is 5.24. The summed E-state index contributed by atoms with van der Waals surface area (Å²) in [6.07, 6.45) is 0. The summed E-state index contributed by atoms with van der Waals surface area (Å²) in [6, 6.07) is 62.9. The lowest BCUT2D eigenvalue weighted by atomic mass is 9.91. The van der Waals surface area contributed by atoms with Gasteiger partial charge in [-0.15, -0.1) is 0 Å². The van der Waals surface area contributed by atoms with Crippen molar-refractivity contribution in [3.8, 4) is 67.7 Å². The van der Waals surface area contributed by atoms with Crippen molar-refractivity contribution in [3.05, 3.63) is 182 Å². The Labute approximate surface area is 290 Å². The number of pyridine rings is 1. The van der Waals surface area contributed by atoms with E-state index in [-0.39, 0.29) is 0 Å². The number of rotatable bonds is 6. The van der Waals surface area contributed by atoms with E-state index in [2.05, 4.69) is 115 Å². The highest BCUT2D eigenvalue weighted by atomic mass is 15.0. The van der Waals surface area contributed by atoms with Crippen LogP contribution in [0.25, 0.3) is 89.4 Å². The van der Waals surface area contributed by atoms with Gasteiger partial charge in [0.05, 0.1) is 11.2 Å². The molecule has 0 spiro atoms. The molecule has 4 heteroatoms. The van der Waals surface area contributed by atoms with Crippen LogP contribution < -0.4 is 0 Å². The van der Waals surface area contributed by atoms with E-state index >= 15 is 0 Å². The van der Waals surface area contributed by atoms with Crippen LogP contribution in [0.5, 0.6) is 0 Å². The Hall–Kier alpha value is -6.78. The van der Waals surface area contributed by atoms with Gasteiger partial charge in [-0.2, -0.15) is 0 Å². The van der Waals surface area contributed by atoms with E-state index < -0.39 is 0 Å². The van der Waals surface area contributed by atoms with Crippen molar-refractivity contribution in [1.29, 1.82) is 0 Å². The molecule has 0 aliphatic carbocycles. The minimum absolute atomic E-state index is 0.638. The Morgan fingerprint density at radius 2 is 0.740 bits per heavy atom. The van der Waals surface area contributed by atoms with E-state index in [1.165, 1.54) is 16.5 Å². The molecular weight excluding hydrogens is 609 g/mol. The third kappa shape index (κ3) is 5.49. The van der Waals surface area contributed by atoms with Crippen LogP contribution in [0.3, 0.4) is 0 Å². The molecule has 0 unspecified atom stereocenters. The van der Waals surface area contributed by atoms with E-state index in [0.717, 1.165) is 55.4 Å². The fourth-order valence-corrected chi connectivity index (χ4v) is 6.66. The van der Waals surface area contributed by atoms with Crippen molar-refractivity contribution < 1.29 is 0 Å². The number of fused-ring (bicyclic) bond motifs is 3. The van der Waals surface area contributed by atoms with Crippen molar-refractivity contribution in [2.24, 2.45) is 0 Å². The summed E-state index contributed by atoms with van der Waals surface area (Å²) < 4.78 is 0. The number of nitrogens with zero attached hydrogens (tertiary/aromatic N) is 4. The average molecular weight is 639 g/mol. The fourth-order valence-electron chi connectivity index (χ4n) is 6.66. The molecule has 0 aliphatic heterocycles. The Morgan fingerprint density at radius 3 is 1.30 bits per heavy atom. The Balaban J connectivity index is 1.17. The topological polar surface area (TPSA) is 51.6 Å². The van der Waals surface area contributed by atoms with Gasteiger partial charge in [-0.25, -0.2) is 19.9 Å². The predicted molar refractivity (Wildman–Crippen MR) is 205 cm³/mol. The summed E-state index contributed by atoms with van der Waals surface area (Å²) in [5.74, 6) is 1.94. The molecule has 9 aromatic rings. The molecule has 50 heavy (non-hydrogen) atoms. The van der Waals surface area contributed by atoms with E-state index in [1.54, 1.807) is 0 Å². The van der Waals surface area contributed by atoms with Crippen LogP contribution in [0.4, 0.5) is 0 Å². The fraction of sp³-hybridized carbons (Fsp3) is 0. The minimum Gasteiger partial charge on any atom is -0.247 e. The molecule has 0 saturated heterocycles. The normalized spacial score (nSPS) is 11.2. The first-order valence-corrected chi connectivity index (χ1v) is 16.7. The van der Waals surface area contributed by atoms with Crippen LogP contribution in [0.2, 0.25) is 0 Å². The summed E-state index contributed by atoms with van der Waals surface area (Å²) in [7, 11) is 0. The second kappa shape index (κ2) is 12.7. The van der Waals surface area contributed by atoms with Gasteiger partial charge in [-0.3, -0.25) is 0 Å². The zero-order chi connectivity index (χ0) is 33.3. The quantitative estimate of drug-likeness (QED) is 0.170. The molecule has 4 nitrogen and oxygen atoms in total. The first-order chi connectivity index (χ1) is 24.8. The Kier molecular flexibility index (Phi) is 7.45. The standard InChI is InChI=1S/C46H30N4/c1-5-14-32(15-6-1)38-22-13-23-39-42(38)40-30-37(28-29-41(40)47-43(39)33-16-7-2-8-17-33)31-24-26-36(27-25-31)46-49-44(34-18-9-3-10-19-34)48-45(50-46)35-20-11-4-12-21-35/h1-30H. The zero-order valence-electron chi connectivity index (χ0n) is 27.1.